The molecule has 2 aliphatic heterocycles. The van der Waals surface area contributed by atoms with Gasteiger partial charge in [-0.15, -0.1) is 0 Å². The monoisotopic (exact) mass is 333 g/mol. The zero-order chi connectivity index (χ0) is 17.1. The molecule has 3 rings (SSSR count). The number of rotatable bonds is 4. The Bertz CT molecular complexity index is 636. The Morgan fingerprint density at radius 1 is 1.38 bits per heavy atom. The molecular formula is C16H19N3O5. The van der Waals surface area contributed by atoms with Crippen LogP contribution in [0.5, 0.6) is 0 Å². The van der Waals surface area contributed by atoms with Gasteiger partial charge in [0.25, 0.3) is 0 Å². The number of morpholine rings is 1. The van der Waals surface area contributed by atoms with Crippen molar-refractivity contribution >= 4 is 17.8 Å². The summed E-state index contributed by atoms with van der Waals surface area (Å²) in [5, 5.41) is 9.24. The minimum atomic E-state index is -1.09. The third-order valence-corrected chi connectivity index (χ3v) is 4.34. The number of carbonyl (C=O) groups is 3. The lowest BCUT2D eigenvalue weighted by molar-refractivity contribution is -0.160. The molecule has 1 aromatic rings. The van der Waals surface area contributed by atoms with E-state index in [0.717, 1.165) is 5.69 Å². The first-order valence-electron chi connectivity index (χ1n) is 7.85. The van der Waals surface area contributed by atoms with Crippen LogP contribution in [0.25, 0.3) is 0 Å². The molecule has 2 amide bonds. The van der Waals surface area contributed by atoms with Crippen molar-refractivity contribution < 1.29 is 24.2 Å². The van der Waals surface area contributed by atoms with Gasteiger partial charge in [-0.05, 0) is 12.1 Å². The van der Waals surface area contributed by atoms with Crippen molar-refractivity contribution in [2.75, 3.05) is 26.3 Å². The van der Waals surface area contributed by atoms with Gasteiger partial charge < -0.3 is 19.6 Å². The smallest absolute Gasteiger partial charge is 0.328 e. The summed E-state index contributed by atoms with van der Waals surface area (Å²) >= 11 is 0. The Morgan fingerprint density at radius 3 is 2.92 bits per heavy atom. The molecular weight excluding hydrogens is 314 g/mol. The Labute approximate surface area is 139 Å². The number of likely N-dealkylation sites (tertiary alicyclic amines) is 1. The van der Waals surface area contributed by atoms with Gasteiger partial charge in [0, 0.05) is 25.7 Å². The fraction of sp³-hybridized carbons (Fsp3) is 0.500. The first kappa shape index (κ1) is 16.4. The predicted molar refractivity (Wildman–Crippen MR) is 81.7 cm³/mol. The highest BCUT2D eigenvalue weighted by atomic mass is 16.5. The first-order valence-corrected chi connectivity index (χ1v) is 7.85. The van der Waals surface area contributed by atoms with E-state index < -0.39 is 17.9 Å². The summed E-state index contributed by atoms with van der Waals surface area (Å²) in [6, 6.07) is 4.49. The van der Waals surface area contributed by atoms with Crippen LogP contribution in [0, 0.1) is 5.92 Å². The molecule has 8 heteroatoms. The summed E-state index contributed by atoms with van der Waals surface area (Å²) in [4.78, 5) is 43.3. The molecule has 0 spiro atoms. The van der Waals surface area contributed by atoms with Crippen molar-refractivity contribution in [3.8, 4) is 0 Å². The molecule has 0 aliphatic carbocycles. The van der Waals surface area contributed by atoms with Gasteiger partial charge >= 0.3 is 5.97 Å². The minimum absolute atomic E-state index is 0.0145. The van der Waals surface area contributed by atoms with Crippen molar-refractivity contribution in [1.29, 1.82) is 0 Å². The Kier molecular flexibility index (Phi) is 4.75. The second-order valence-electron chi connectivity index (χ2n) is 5.96. The van der Waals surface area contributed by atoms with Gasteiger partial charge in [0.05, 0.1) is 31.4 Å². The number of nitrogens with zero attached hydrogens (tertiary/aromatic N) is 3. The zero-order valence-electron chi connectivity index (χ0n) is 13.1. The summed E-state index contributed by atoms with van der Waals surface area (Å²) in [6.45, 7) is 1.18. The van der Waals surface area contributed by atoms with Crippen molar-refractivity contribution in [2.24, 2.45) is 5.92 Å². The fourth-order valence-electron chi connectivity index (χ4n) is 3.08. The average molecular weight is 333 g/mol. The largest absolute Gasteiger partial charge is 0.480 e. The molecule has 128 valence electrons. The number of carboxylic acid groups (broad SMARTS) is 1. The maximum absolute atomic E-state index is 12.7. The van der Waals surface area contributed by atoms with E-state index >= 15 is 0 Å². The lowest BCUT2D eigenvalue weighted by Gasteiger charge is -2.34. The molecule has 2 fully saturated rings. The molecule has 0 aromatic carbocycles. The van der Waals surface area contributed by atoms with E-state index in [1.54, 1.807) is 17.2 Å². The van der Waals surface area contributed by atoms with Crippen molar-refractivity contribution in [3.05, 3.63) is 30.1 Å². The number of hydrogen-bond acceptors (Lipinski definition) is 5. The van der Waals surface area contributed by atoms with E-state index in [4.69, 9.17) is 4.74 Å². The van der Waals surface area contributed by atoms with Crippen LogP contribution in [0.4, 0.5) is 0 Å². The number of pyridine rings is 1. The summed E-state index contributed by atoms with van der Waals surface area (Å²) in [6.07, 6.45) is 1.76. The van der Waals surface area contributed by atoms with Crippen LogP contribution < -0.4 is 0 Å². The highest BCUT2D eigenvalue weighted by molar-refractivity contribution is 5.91. The lowest BCUT2D eigenvalue weighted by atomic mass is 10.1. The summed E-state index contributed by atoms with van der Waals surface area (Å²) in [7, 11) is 0. The van der Waals surface area contributed by atoms with E-state index in [9.17, 15) is 19.5 Å². The molecule has 0 bridgehead atoms. The van der Waals surface area contributed by atoms with E-state index in [2.05, 4.69) is 4.98 Å². The van der Waals surface area contributed by atoms with Crippen LogP contribution in [0.15, 0.2) is 24.4 Å². The second-order valence-corrected chi connectivity index (χ2v) is 5.96. The highest BCUT2D eigenvalue weighted by Gasteiger charge is 2.41. The number of hydrogen-bond donors (Lipinski definition) is 1. The maximum Gasteiger partial charge on any atom is 0.328 e. The molecule has 0 saturated carbocycles. The summed E-state index contributed by atoms with van der Waals surface area (Å²) in [5.41, 5.74) is 0.758. The predicted octanol–water partition coefficient (Wildman–Crippen LogP) is -0.258. The van der Waals surface area contributed by atoms with Crippen LogP contribution in [0.2, 0.25) is 0 Å². The molecule has 2 aliphatic rings. The molecule has 1 aromatic heterocycles. The van der Waals surface area contributed by atoms with Crippen LogP contribution in [0.1, 0.15) is 12.1 Å². The maximum atomic E-state index is 12.7. The molecule has 0 unspecified atom stereocenters. The highest BCUT2D eigenvalue weighted by Crippen LogP contribution is 2.23. The van der Waals surface area contributed by atoms with E-state index in [0.29, 0.717) is 13.2 Å². The van der Waals surface area contributed by atoms with Crippen molar-refractivity contribution in [2.45, 2.75) is 19.0 Å². The van der Waals surface area contributed by atoms with Gasteiger partial charge in [-0.3, -0.25) is 14.6 Å². The molecule has 24 heavy (non-hydrogen) atoms. The van der Waals surface area contributed by atoms with Gasteiger partial charge in [-0.25, -0.2) is 4.79 Å². The SMILES string of the molecule is O=C(O)[C@H]1COCCN1C(=O)[C@@H]1CC(=O)N(Cc2ccccn2)C1. The van der Waals surface area contributed by atoms with E-state index in [1.807, 2.05) is 12.1 Å². The van der Waals surface area contributed by atoms with Crippen molar-refractivity contribution in [1.82, 2.24) is 14.8 Å². The molecule has 2 atom stereocenters. The first-order chi connectivity index (χ1) is 11.6. The number of aliphatic carboxylic acids is 1. The molecule has 8 nitrogen and oxygen atoms in total. The summed E-state index contributed by atoms with van der Waals surface area (Å²) in [5.74, 6) is -2.00. The molecule has 2 saturated heterocycles. The van der Waals surface area contributed by atoms with E-state index in [-0.39, 0.29) is 37.9 Å². The number of carboxylic acids is 1. The minimum Gasteiger partial charge on any atom is -0.480 e. The van der Waals surface area contributed by atoms with Gasteiger partial charge in [-0.2, -0.15) is 0 Å². The Hall–Kier alpha value is -2.48. The quantitative estimate of drug-likeness (QED) is 0.815. The second kappa shape index (κ2) is 6.96. The van der Waals surface area contributed by atoms with E-state index in [1.165, 1.54) is 4.90 Å². The summed E-state index contributed by atoms with van der Waals surface area (Å²) < 4.78 is 5.15. The normalized spacial score (nSPS) is 24.2. The van der Waals surface area contributed by atoms with Crippen molar-refractivity contribution in [3.63, 3.8) is 0 Å². The molecule has 3 heterocycles. The zero-order valence-corrected chi connectivity index (χ0v) is 13.1. The van der Waals surface area contributed by atoms with Gasteiger partial charge in [-0.1, -0.05) is 6.07 Å². The average Bonchev–Trinajstić information content (AvgIpc) is 2.96. The lowest BCUT2D eigenvalue weighted by Crippen LogP contribution is -2.54. The number of amides is 2. The van der Waals surface area contributed by atoms with Crippen LogP contribution >= 0.6 is 0 Å². The van der Waals surface area contributed by atoms with Gasteiger partial charge in [0.1, 0.15) is 0 Å². The molecule has 0 radical (unpaired) electrons. The number of ether oxygens (including phenoxy) is 1. The third-order valence-electron chi connectivity index (χ3n) is 4.34. The topological polar surface area (TPSA) is 100 Å². The van der Waals surface area contributed by atoms with Gasteiger partial charge in [0.15, 0.2) is 6.04 Å². The third kappa shape index (κ3) is 3.38. The Balaban J connectivity index is 1.66. The molecule has 1 N–H and O–H groups in total. The number of aromatic nitrogens is 1. The fourth-order valence-corrected chi connectivity index (χ4v) is 3.08. The Morgan fingerprint density at radius 2 is 2.21 bits per heavy atom. The number of carbonyl (C=O) groups excluding carboxylic acids is 2. The standard InChI is InChI=1S/C16H19N3O5/c20-14-7-11(8-18(14)9-12-3-1-2-4-17-12)15(21)19-5-6-24-10-13(19)16(22)23/h1-4,11,13H,5-10H2,(H,22,23)/t11-,13-/m1/s1. The van der Waals surface area contributed by atoms with Crippen LogP contribution in [-0.2, 0) is 25.7 Å². The van der Waals surface area contributed by atoms with Crippen LogP contribution in [-0.4, -0.2) is 70.0 Å². The van der Waals surface area contributed by atoms with Gasteiger partial charge in [0.2, 0.25) is 11.8 Å². The van der Waals surface area contributed by atoms with Crippen LogP contribution in [0.3, 0.4) is 0 Å².